The zero-order valence-electron chi connectivity index (χ0n) is 14.5. The molecule has 0 N–H and O–H groups in total. The van der Waals surface area contributed by atoms with Crippen molar-refractivity contribution in [2.75, 3.05) is 14.1 Å². The molecule has 2 rings (SSSR count). The van der Waals surface area contributed by atoms with E-state index in [-0.39, 0.29) is 4.90 Å². The minimum atomic E-state index is -3.52. The first-order valence-corrected chi connectivity index (χ1v) is 8.90. The number of benzene rings is 2. The summed E-state index contributed by atoms with van der Waals surface area (Å²) in [6, 6.07) is 9.60. The minimum absolute atomic E-state index is 0.131. The van der Waals surface area contributed by atoms with Crippen LogP contribution in [0.25, 0.3) is 0 Å². The molecule has 0 fully saturated rings. The van der Waals surface area contributed by atoms with Gasteiger partial charge < -0.3 is 4.74 Å². The molecule has 5 nitrogen and oxygen atoms in total. The van der Waals surface area contributed by atoms with Gasteiger partial charge >= 0.3 is 5.97 Å². The Morgan fingerprint density at radius 1 is 0.917 bits per heavy atom. The van der Waals surface area contributed by atoms with Crippen LogP contribution in [0.3, 0.4) is 0 Å². The number of sulfonamides is 1. The van der Waals surface area contributed by atoms with Gasteiger partial charge in [-0.3, -0.25) is 0 Å². The maximum absolute atomic E-state index is 12.3. The standard InChI is InChI=1S/C18H21NO4S/c1-12-6-7-13(2)17(14(12)3)23-18(20)15-8-10-16(11-9-15)24(21,22)19(4)5/h6-11H,1-5H3. The average Bonchev–Trinajstić information content (AvgIpc) is 2.55. The molecule has 0 radical (unpaired) electrons. The monoisotopic (exact) mass is 347 g/mol. The molecule has 0 atom stereocenters. The topological polar surface area (TPSA) is 63.7 Å². The molecular formula is C18H21NO4S. The minimum Gasteiger partial charge on any atom is -0.422 e. The smallest absolute Gasteiger partial charge is 0.343 e. The van der Waals surface area contributed by atoms with Crippen molar-refractivity contribution < 1.29 is 17.9 Å². The number of esters is 1. The average molecular weight is 347 g/mol. The van der Waals surface area contributed by atoms with E-state index in [1.165, 1.54) is 38.4 Å². The second kappa shape index (κ2) is 6.75. The van der Waals surface area contributed by atoms with Gasteiger partial charge in [0.1, 0.15) is 5.75 Å². The summed E-state index contributed by atoms with van der Waals surface area (Å²) in [6.07, 6.45) is 0. The fourth-order valence-electron chi connectivity index (χ4n) is 2.21. The van der Waals surface area contributed by atoms with Crippen molar-refractivity contribution >= 4 is 16.0 Å². The molecule has 0 aromatic heterocycles. The Hall–Kier alpha value is -2.18. The number of hydrogen-bond donors (Lipinski definition) is 0. The number of hydrogen-bond acceptors (Lipinski definition) is 4. The van der Waals surface area contributed by atoms with E-state index in [4.69, 9.17) is 4.74 Å². The molecule has 128 valence electrons. The lowest BCUT2D eigenvalue weighted by molar-refractivity contribution is 0.0732. The zero-order chi connectivity index (χ0) is 18.1. The highest BCUT2D eigenvalue weighted by Gasteiger charge is 2.18. The summed E-state index contributed by atoms with van der Waals surface area (Å²) in [4.78, 5) is 12.5. The molecule has 24 heavy (non-hydrogen) atoms. The summed E-state index contributed by atoms with van der Waals surface area (Å²) in [5.41, 5.74) is 3.12. The summed E-state index contributed by atoms with van der Waals surface area (Å²) in [6.45, 7) is 5.73. The Morgan fingerprint density at radius 2 is 1.46 bits per heavy atom. The first-order chi connectivity index (χ1) is 11.1. The number of ether oxygens (including phenoxy) is 1. The van der Waals surface area contributed by atoms with Crippen LogP contribution in [0.4, 0.5) is 0 Å². The molecule has 0 saturated heterocycles. The lowest BCUT2D eigenvalue weighted by Crippen LogP contribution is -2.22. The van der Waals surface area contributed by atoms with E-state index in [1.807, 2.05) is 32.9 Å². The lowest BCUT2D eigenvalue weighted by atomic mass is 10.1. The summed E-state index contributed by atoms with van der Waals surface area (Å²) < 4.78 is 30.7. The van der Waals surface area contributed by atoms with Crippen molar-refractivity contribution in [3.8, 4) is 5.75 Å². The molecule has 0 spiro atoms. The largest absolute Gasteiger partial charge is 0.422 e. The molecule has 0 heterocycles. The maximum Gasteiger partial charge on any atom is 0.343 e. The van der Waals surface area contributed by atoms with Crippen molar-refractivity contribution in [3.63, 3.8) is 0 Å². The van der Waals surface area contributed by atoms with Crippen molar-refractivity contribution in [3.05, 3.63) is 58.7 Å². The van der Waals surface area contributed by atoms with Crippen LogP contribution in [0.1, 0.15) is 27.0 Å². The summed E-state index contributed by atoms with van der Waals surface area (Å²) >= 11 is 0. The van der Waals surface area contributed by atoms with E-state index >= 15 is 0 Å². The number of carbonyl (C=O) groups excluding carboxylic acids is 1. The molecule has 0 saturated carbocycles. The SMILES string of the molecule is Cc1ccc(C)c(OC(=O)c2ccc(S(=O)(=O)N(C)C)cc2)c1C. The summed E-state index contributed by atoms with van der Waals surface area (Å²) in [5, 5.41) is 0. The van der Waals surface area contributed by atoms with Gasteiger partial charge in [0.15, 0.2) is 0 Å². The normalized spacial score (nSPS) is 11.6. The predicted molar refractivity (Wildman–Crippen MR) is 92.9 cm³/mol. The highest BCUT2D eigenvalue weighted by atomic mass is 32.2. The highest BCUT2D eigenvalue weighted by Crippen LogP contribution is 2.26. The Morgan fingerprint density at radius 3 is 2.00 bits per heavy atom. The summed E-state index contributed by atoms with van der Waals surface area (Å²) in [7, 11) is -0.598. The third-order valence-corrected chi connectivity index (χ3v) is 5.77. The van der Waals surface area contributed by atoms with Crippen LogP contribution in [0.2, 0.25) is 0 Å². The fourth-order valence-corrected chi connectivity index (χ4v) is 3.11. The Kier molecular flexibility index (Phi) is 5.11. The molecule has 0 aliphatic rings. The van der Waals surface area contributed by atoms with Crippen molar-refractivity contribution in [1.82, 2.24) is 4.31 Å². The first kappa shape index (κ1) is 18.2. The van der Waals surface area contributed by atoms with Gasteiger partial charge in [-0.15, -0.1) is 0 Å². The van der Waals surface area contributed by atoms with Crippen molar-refractivity contribution in [2.24, 2.45) is 0 Å². The van der Waals surface area contributed by atoms with E-state index in [2.05, 4.69) is 0 Å². The molecule has 2 aromatic carbocycles. The quantitative estimate of drug-likeness (QED) is 0.630. The van der Waals surface area contributed by atoms with E-state index in [1.54, 1.807) is 0 Å². The zero-order valence-corrected chi connectivity index (χ0v) is 15.3. The Balaban J connectivity index is 2.28. The maximum atomic E-state index is 12.3. The molecule has 6 heteroatoms. The number of aryl methyl sites for hydroxylation is 2. The number of rotatable bonds is 4. The van der Waals surface area contributed by atoms with Crippen molar-refractivity contribution in [2.45, 2.75) is 25.7 Å². The molecule has 0 aliphatic heterocycles. The lowest BCUT2D eigenvalue weighted by Gasteiger charge is -2.13. The highest BCUT2D eigenvalue weighted by molar-refractivity contribution is 7.89. The van der Waals surface area contributed by atoms with Gasteiger partial charge in [0, 0.05) is 14.1 Å². The third kappa shape index (κ3) is 3.49. The van der Waals surface area contributed by atoms with Gasteiger partial charge in [0.05, 0.1) is 10.5 Å². The van der Waals surface area contributed by atoms with Crippen LogP contribution in [0.5, 0.6) is 5.75 Å². The van der Waals surface area contributed by atoms with Crippen LogP contribution in [0, 0.1) is 20.8 Å². The molecule has 0 bridgehead atoms. The van der Waals surface area contributed by atoms with Crippen LogP contribution in [-0.4, -0.2) is 32.8 Å². The van der Waals surface area contributed by atoms with E-state index in [0.29, 0.717) is 11.3 Å². The van der Waals surface area contributed by atoms with Crippen LogP contribution in [-0.2, 0) is 10.0 Å². The molecular weight excluding hydrogens is 326 g/mol. The molecule has 0 aliphatic carbocycles. The van der Waals surface area contributed by atoms with E-state index < -0.39 is 16.0 Å². The predicted octanol–water partition coefficient (Wildman–Crippen LogP) is 3.08. The van der Waals surface area contributed by atoms with Gasteiger partial charge in [-0.25, -0.2) is 17.5 Å². The number of carbonyl (C=O) groups is 1. The molecule has 0 amide bonds. The van der Waals surface area contributed by atoms with E-state index in [0.717, 1.165) is 21.0 Å². The third-order valence-electron chi connectivity index (χ3n) is 3.94. The second-order valence-electron chi connectivity index (χ2n) is 5.85. The van der Waals surface area contributed by atoms with Crippen LogP contribution in [0.15, 0.2) is 41.3 Å². The van der Waals surface area contributed by atoms with Gasteiger partial charge in [0.25, 0.3) is 0 Å². The Bertz CT molecular complexity index is 869. The van der Waals surface area contributed by atoms with Crippen LogP contribution < -0.4 is 4.74 Å². The van der Waals surface area contributed by atoms with Gasteiger partial charge in [-0.1, -0.05) is 12.1 Å². The summed E-state index contributed by atoms with van der Waals surface area (Å²) in [5.74, 6) is 0.0330. The van der Waals surface area contributed by atoms with E-state index in [9.17, 15) is 13.2 Å². The van der Waals surface area contributed by atoms with Gasteiger partial charge in [-0.2, -0.15) is 0 Å². The van der Waals surface area contributed by atoms with Gasteiger partial charge in [0.2, 0.25) is 10.0 Å². The molecule has 0 unspecified atom stereocenters. The van der Waals surface area contributed by atoms with Crippen molar-refractivity contribution in [1.29, 1.82) is 0 Å². The first-order valence-electron chi connectivity index (χ1n) is 7.46. The fraction of sp³-hybridized carbons (Fsp3) is 0.278. The number of nitrogens with zero attached hydrogens (tertiary/aromatic N) is 1. The Labute approximate surface area is 142 Å². The second-order valence-corrected chi connectivity index (χ2v) is 8.01. The van der Waals surface area contributed by atoms with Gasteiger partial charge in [-0.05, 0) is 61.7 Å². The molecule has 2 aromatic rings. The van der Waals surface area contributed by atoms with Crippen LogP contribution >= 0.6 is 0 Å².